The van der Waals surface area contributed by atoms with E-state index in [1.807, 2.05) is 0 Å². The number of hydrogen-bond donors (Lipinski definition) is 1. The van der Waals surface area contributed by atoms with Gasteiger partial charge in [0.15, 0.2) is 36.3 Å². The molecule has 2 aromatic rings. The van der Waals surface area contributed by atoms with E-state index in [0.29, 0.717) is 5.56 Å². The van der Waals surface area contributed by atoms with E-state index in [1.54, 1.807) is 0 Å². The molecular formula is C34H39F2NO18. The van der Waals surface area contributed by atoms with Crippen LogP contribution in [0.3, 0.4) is 0 Å². The molecule has 21 heteroatoms. The van der Waals surface area contributed by atoms with Crippen LogP contribution in [0.5, 0.6) is 5.75 Å². The second-order valence-electron chi connectivity index (χ2n) is 12.3. The van der Waals surface area contributed by atoms with Gasteiger partial charge < -0.3 is 57.5 Å². The summed E-state index contributed by atoms with van der Waals surface area (Å²) in [6.45, 7) is 5.92. The smallest absolute Gasteiger partial charge is 0.338 e. The second-order valence-corrected chi connectivity index (χ2v) is 12.3. The topological polar surface area (TPSA) is 251 Å². The highest BCUT2D eigenvalue weighted by Gasteiger charge is 2.58. The number of methoxy groups -OCH3 is 1. The van der Waals surface area contributed by atoms with Gasteiger partial charge in [-0.05, 0) is 24.6 Å². The molecule has 10 atom stereocenters. The Balaban J connectivity index is 1.83. The van der Waals surface area contributed by atoms with E-state index in [1.165, 1.54) is 13.0 Å². The predicted octanol–water partition coefficient (Wildman–Crippen LogP) is 1.04. The number of benzene rings is 1. The molecule has 4 rings (SSSR count). The van der Waals surface area contributed by atoms with E-state index in [0.717, 1.165) is 53.9 Å². The van der Waals surface area contributed by atoms with E-state index in [4.69, 9.17) is 57.5 Å². The van der Waals surface area contributed by atoms with Crippen molar-refractivity contribution in [2.75, 3.05) is 13.7 Å². The van der Waals surface area contributed by atoms with Crippen LogP contribution in [-0.2, 0) is 71.4 Å². The van der Waals surface area contributed by atoms with Gasteiger partial charge in [-0.1, -0.05) is 0 Å². The molecule has 2 aliphatic heterocycles. The summed E-state index contributed by atoms with van der Waals surface area (Å²) in [5.74, 6) is -6.47. The molecule has 0 saturated carbocycles. The van der Waals surface area contributed by atoms with Crippen LogP contribution in [0.25, 0.3) is 11.0 Å². The van der Waals surface area contributed by atoms with Crippen molar-refractivity contribution in [3.8, 4) is 5.75 Å². The van der Waals surface area contributed by atoms with Crippen LogP contribution in [0.4, 0.5) is 8.78 Å². The maximum Gasteiger partial charge on any atom is 0.338 e. The Bertz CT molecular complexity index is 1850. The van der Waals surface area contributed by atoms with Gasteiger partial charge in [0.1, 0.15) is 30.1 Å². The molecule has 2 aliphatic rings. The van der Waals surface area contributed by atoms with Crippen LogP contribution >= 0.6 is 0 Å². The Kier molecular flexibility index (Phi) is 13.8. The van der Waals surface area contributed by atoms with Gasteiger partial charge in [0.05, 0.1) is 13.2 Å². The van der Waals surface area contributed by atoms with Gasteiger partial charge in [-0.25, -0.2) is 18.4 Å². The molecule has 0 bridgehead atoms. The summed E-state index contributed by atoms with van der Waals surface area (Å²) in [5.41, 5.74) is 4.36. The third kappa shape index (κ3) is 10.1. The number of fused-ring (bicyclic) bond motifs is 1. The number of esters is 6. The average molecular weight is 788 g/mol. The molecule has 302 valence electrons. The largest absolute Gasteiger partial charge is 0.467 e. The number of carbonyl (C=O) groups excluding carboxylic acids is 6. The first-order valence-electron chi connectivity index (χ1n) is 16.5. The summed E-state index contributed by atoms with van der Waals surface area (Å²) in [4.78, 5) is 86.5. The zero-order valence-corrected chi connectivity index (χ0v) is 30.5. The Morgan fingerprint density at radius 2 is 1.36 bits per heavy atom. The molecule has 1 aromatic heterocycles. The lowest BCUT2D eigenvalue weighted by Gasteiger charge is -2.48. The monoisotopic (exact) mass is 787 g/mol. The molecule has 55 heavy (non-hydrogen) atoms. The Morgan fingerprint density at radius 1 is 0.782 bits per heavy atom. The Morgan fingerprint density at radius 3 is 1.93 bits per heavy atom. The molecule has 1 aromatic carbocycles. The van der Waals surface area contributed by atoms with Gasteiger partial charge in [-0.2, -0.15) is 0 Å². The number of ether oxygens (including phenoxy) is 10. The van der Waals surface area contributed by atoms with E-state index in [-0.39, 0.29) is 5.39 Å². The Labute approximate surface area is 310 Å². The fourth-order valence-corrected chi connectivity index (χ4v) is 6.03. The minimum Gasteiger partial charge on any atom is -0.467 e. The lowest BCUT2D eigenvalue weighted by atomic mass is 9.95. The van der Waals surface area contributed by atoms with Gasteiger partial charge in [0.25, 0.3) is 6.43 Å². The van der Waals surface area contributed by atoms with Gasteiger partial charge in [-0.15, -0.1) is 0 Å². The lowest BCUT2D eigenvalue weighted by molar-refractivity contribution is -0.333. The summed E-state index contributed by atoms with van der Waals surface area (Å²) in [6, 6.07) is 1.93. The molecular weight excluding hydrogens is 748 g/mol. The molecule has 0 amide bonds. The van der Waals surface area contributed by atoms with Crippen molar-refractivity contribution >= 4 is 46.8 Å². The van der Waals surface area contributed by atoms with Gasteiger partial charge in [0, 0.05) is 46.1 Å². The first kappa shape index (κ1) is 42.5. The minimum atomic E-state index is -3.32. The van der Waals surface area contributed by atoms with Gasteiger partial charge >= 0.3 is 41.4 Å². The fourth-order valence-electron chi connectivity index (χ4n) is 6.03. The van der Waals surface area contributed by atoms with Crippen LogP contribution in [0, 0.1) is 6.92 Å². The van der Waals surface area contributed by atoms with E-state index >= 15 is 0 Å². The number of rotatable bonds is 12. The third-order valence-corrected chi connectivity index (χ3v) is 8.15. The average Bonchev–Trinajstić information content (AvgIpc) is 3.07. The number of nitrogens with two attached hydrogens (primary N) is 1. The molecule has 0 spiro atoms. The van der Waals surface area contributed by atoms with Crippen molar-refractivity contribution in [3.05, 3.63) is 39.7 Å². The molecule has 3 heterocycles. The summed E-state index contributed by atoms with van der Waals surface area (Å²) < 4.78 is 89.7. The van der Waals surface area contributed by atoms with Crippen molar-refractivity contribution < 1.29 is 89.3 Å². The van der Waals surface area contributed by atoms with Crippen molar-refractivity contribution in [2.45, 2.75) is 109 Å². The normalized spacial score (nSPS) is 27.8. The van der Waals surface area contributed by atoms with Crippen molar-refractivity contribution in [1.29, 1.82) is 0 Å². The van der Waals surface area contributed by atoms with Gasteiger partial charge in [0.2, 0.25) is 12.4 Å². The number of hydrogen-bond acceptors (Lipinski definition) is 19. The highest BCUT2D eigenvalue weighted by atomic mass is 19.3. The van der Waals surface area contributed by atoms with Crippen LogP contribution in [-0.4, -0.2) is 111 Å². The Hall–Kier alpha value is -5.25. The lowest BCUT2D eigenvalue weighted by Crippen LogP contribution is -2.69. The standard InChI is InChI=1S/C34H39F2NO18/c1-12-10-21(43)53-24-18(12)8-9-19(22(24)31(35)36)51-34-30(50-17(6)42)28(49-16(5)41)27(29(55-34)32(44)45-7)54-33-23(37)26(48-15(4)40)25(47-14(3)39)20(52-33)11-46-13(2)38/h8-10,20,23,25-31,33-34H,11,37H2,1-7H3. The molecule has 0 aliphatic carbocycles. The van der Waals surface area contributed by atoms with Crippen LogP contribution < -0.4 is 16.1 Å². The summed E-state index contributed by atoms with van der Waals surface area (Å²) in [7, 11) is 0.943. The van der Waals surface area contributed by atoms with E-state index in [9.17, 15) is 42.3 Å². The summed E-state index contributed by atoms with van der Waals surface area (Å²) in [6.07, 6.45) is -19.3. The summed E-state index contributed by atoms with van der Waals surface area (Å²) in [5, 5.41) is 0.140. The fraction of sp³-hybridized carbons (Fsp3) is 0.559. The highest BCUT2D eigenvalue weighted by Crippen LogP contribution is 2.40. The molecule has 2 saturated heterocycles. The molecule has 10 unspecified atom stereocenters. The second kappa shape index (κ2) is 17.9. The van der Waals surface area contributed by atoms with Gasteiger partial charge in [-0.3, -0.25) is 24.0 Å². The minimum absolute atomic E-state index is 0.140. The predicted molar refractivity (Wildman–Crippen MR) is 174 cm³/mol. The molecule has 0 radical (unpaired) electrons. The highest BCUT2D eigenvalue weighted by molar-refractivity contribution is 5.85. The summed E-state index contributed by atoms with van der Waals surface area (Å²) >= 11 is 0. The quantitative estimate of drug-likeness (QED) is 0.179. The first-order chi connectivity index (χ1) is 25.8. The maximum absolute atomic E-state index is 14.6. The van der Waals surface area contributed by atoms with Crippen molar-refractivity contribution in [2.24, 2.45) is 5.73 Å². The zero-order valence-electron chi connectivity index (χ0n) is 30.5. The van der Waals surface area contributed by atoms with Crippen molar-refractivity contribution in [1.82, 2.24) is 0 Å². The number of aryl methyl sites for hydroxylation is 1. The van der Waals surface area contributed by atoms with Crippen LogP contribution in [0.1, 0.15) is 52.2 Å². The molecule has 2 fully saturated rings. The molecule has 19 nitrogen and oxygen atoms in total. The van der Waals surface area contributed by atoms with Crippen LogP contribution in [0.15, 0.2) is 27.4 Å². The number of carbonyl (C=O) groups is 6. The van der Waals surface area contributed by atoms with E-state index in [2.05, 4.69) is 0 Å². The van der Waals surface area contributed by atoms with Crippen molar-refractivity contribution in [3.63, 3.8) is 0 Å². The number of halogens is 2. The third-order valence-electron chi connectivity index (χ3n) is 8.15. The number of alkyl halides is 2. The van der Waals surface area contributed by atoms with Crippen LogP contribution in [0.2, 0.25) is 0 Å². The van der Waals surface area contributed by atoms with E-state index < -0.39 is 133 Å². The SMILES string of the molecule is COC(=O)C1OC(Oc2ccc3c(C)cc(=O)oc3c2C(F)F)C(OC(C)=O)C(OC(C)=O)C1OC1OC(COC(C)=O)C(OC(C)=O)C(OC(C)=O)C1N. The molecule has 2 N–H and O–H groups in total. The zero-order chi connectivity index (χ0) is 40.9. The first-order valence-corrected chi connectivity index (χ1v) is 16.5. The maximum atomic E-state index is 14.6.